The number of fused-ring (bicyclic) bond motifs is 1. The van der Waals surface area contributed by atoms with Crippen LogP contribution in [0.4, 0.5) is 0 Å². The summed E-state index contributed by atoms with van der Waals surface area (Å²) in [7, 11) is 0. The van der Waals surface area contributed by atoms with Crippen LogP contribution in [-0.2, 0) is 6.42 Å². The molecular formula is C15H20ClN3. The van der Waals surface area contributed by atoms with Gasteiger partial charge in [-0.3, -0.25) is 0 Å². The van der Waals surface area contributed by atoms with Crippen LogP contribution in [0.5, 0.6) is 0 Å². The monoisotopic (exact) mass is 277 g/mol. The number of likely N-dealkylation sites (tertiary alicyclic amines) is 1. The second-order valence-corrected chi connectivity index (χ2v) is 5.80. The van der Waals surface area contributed by atoms with Gasteiger partial charge in [-0.2, -0.15) is 0 Å². The van der Waals surface area contributed by atoms with E-state index in [9.17, 15) is 0 Å². The van der Waals surface area contributed by atoms with Gasteiger partial charge in [0.1, 0.15) is 5.82 Å². The molecule has 3 nitrogen and oxygen atoms in total. The molecule has 0 radical (unpaired) electrons. The van der Waals surface area contributed by atoms with Gasteiger partial charge in [-0.1, -0.05) is 18.5 Å². The van der Waals surface area contributed by atoms with E-state index in [1.54, 1.807) is 0 Å². The number of imidazole rings is 1. The molecule has 0 aromatic carbocycles. The van der Waals surface area contributed by atoms with E-state index in [1.165, 1.54) is 25.9 Å². The molecule has 2 aromatic heterocycles. The minimum Gasteiger partial charge on any atom is -0.303 e. The summed E-state index contributed by atoms with van der Waals surface area (Å²) in [5.41, 5.74) is 1.02. The molecule has 4 heteroatoms. The van der Waals surface area contributed by atoms with Crippen LogP contribution in [0, 0.1) is 5.92 Å². The quantitative estimate of drug-likeness (QED) is 0.858. The fraction of sp³-hybridized carbons (Fsp3) is 0.533. The minimum atomic E-state index is 0.721. The fourth-order valence-corrected chi connectivity index (χ4v) is 3.27. The lowest BCUT2D eigenvalue weighted by Gasteiger charge is -2.31. The highest BCUT2D eigenvalue weighted by Gasteiger charge is 2.20. The van der Waals surface area contributed by atoms with Crippen LogP contribution in [0.15, 0.2) is 24.5 Å². The summed E-state index contributed by atoms with van der Waals surface area (Å²) in [4.78, 5) is 7.10. The zero-order valence-electron chi connectivity index (χ0n) is 11.3. The Hall–Kier alpha value is -1.06. The van der Waals surface area contributed by atoms with Crippen LogP contribution < -0.4 is 0 Å². The number of aromatic nitrogens is 2. The molecule has 0 aliphatic carbocycles. The Morgan fingerprint density at radius 1 is 1.47 bits per heavy atom. The standard InChI is InChI=1S/C15H20ClN3/c1-2-18-7-3-5-12(11-18)9-15-17-10-14-13(16)6-4-8-19(14)15/h4,6,8,10,12H,2-3,5,7,9,11H2,1H3. The van der Waals surface area contributed by atoms with Crippen molar-refractivity contribution in [2.24, 2.45) is 5.92 Å². The first-order valence-corrected chi connectivity index (χ1v) is 7.48. The summed E-state index contributed by atoms with van der Waals surface area (Å²) in [6, 6.07) is 3.90. The van der Waals surface area contributed by atoms with Crippen molar-refractivity contribution in [1.29, 1.82) is 0 Å². The fourth-order valence-electron chi connectivity index (χ4n) is 3.06. The number of pyridine rings is 1. The molecule has 0 spiro atoms. The summed E-state index contributed by atoms with van der Waals surface area (Å²) >= 11 is 6.19. The summed E-state index contributed by atoms with van der Waals surface area (Å²) < 4.78 is 2.13. The van der Waals surface area contributed by atoms with Crippen LogP contribution >= 0.6 is 11.6 Å². The molecule has 3 rings (SSSR count). The van der Waals surface area contributed by atoms with Gasteiger partial charge < -0.3 is 9.30 Å². The lowest BCUT2D eigenvalue weighted by molar-refractivity contribution is 0.180. The van der Waals surface area contributed by atoms with Crippen molar-refractivity contribution in [2.75, 3.05) is 19.6 Å². The van der Waals surface area contributed by atoms with Gasteiger partial charge in [0.05, 0.1) is 16.7 Å². The summed E-state index contributed by atoms with van der Waals surface area (Å²) in [5, 5.41) is 0.778. The molecule has 0 N–H and O–H groups in total. The molecule has 19 heavy (non-hydrogen) atoms. The van der Waals surface area contributed by atoms with Crippen molar-refractivity contribution in [3.63, 3.8) is 0 Å². The van der Waals surface area contributed by atoms with Crippen molar-refractivity contribution < 1.29 is 0 Å². The maximum absolute atomic E-state index is 6.19. The van der Waals surface area contributed by atoms with Crippen LogP contribution in [-0.4, -0.2) is 33.9 Å². The third-order valence-corrected chi connectivity index (χ3v) is 4.44. The molecule has 1 aliphatic rings. The molecule has 0 bridgehead atoms. The first kappa shape index (κ1) is 12.9. The van der Waals surface area contributed by atoms with Crippen molar-refractivity contribution in [1.82, 2.24) is 14.3 Å². The molecular weight excluding hydrogens is 258 g/mol. The third kappa shape index (κ3) is 2.63. The van der Waals surface area contributed by atoms with Gasteiger partial charge in [0.25, 0.3) is 0 Å². The van der Waals surface area contributed by atoms with Crippen molar-refractivity contribution in [3.05, 3.63) is 35.4 Å². The molecule has 1 fully saturated rings. The normalized spacial score (nSPS) is 21.1. The second kappa shape index (κ2) is 5.51. The number of halogens is 1. The molecule has 0 amide bonds. The third-order valence-electron chi connectivity index (χ3n) is 4.12. The van der Waals surface area contributed by atoms with Crippen LogP contribution in [0.1, 0.15) is 25.6 Å². The van der Waals surface area contributed by atoms with Gasteiger partial charge in [0, 0.05) is 19.2 Å². The smallest absolute Gasteiger partial charge is 0.113 e. The van der Waals surface area contributed by atoms with E-state index in [2.05, 4.69) is 27.4 Å². The van der Waals surface area contributed by atoms with E-state index in [0.29, 0.717) is 0 Å². The van der Waals surface area contributed by atoms with Crippen molar-refractivity contribution in [2.45, 2.75) is 26.2 Å². The second-order valence-electron chi connectivity index (χ2n) is 5.39. The lowest BCUT2D eigenvalue weighted by atomic mass is 9.94. The van der Waals surface area contributed by atoms with Crippen LogP contribution in [0.25, 0.3) is 5.52 Å². The van der Waals surface area contributed by atoms with Crippen molar-refractivity contribution in [3.8, 4) is 0 Å². The summed E-state index contributed by atoms with van der Waals surface area (Å²) in [6.45, 7) is 5.85. The number of hydrogen-bond donors (Lipinski definition) is 0. The van der Waals surface area contributed by atoms with E-state index in [1.807, 2.05) is 18.3 Å². The summed E-state index contributed by atoms with van der Waals surface area (Å²) in [6.07, 6.45) is 7.61. The average molecular weight is 278 g/mol. The molecule has 3 heterocycles. The van der Waals surface area contributed by atoms with Crippen molar-refractivity contribution >= 4 is 17.1 Å². The van der Waals surface area contributed by atoms with E-state index in [0.717, 1.165) is 35.2 Å². The molecule has 1 saturated heterocycles. The molecule has 2 aromatic rings. The largest absolute Gasteiger partial charge is 0.303 e. The van der Waals surface area contributed by atoms with Gasteiger partial charge in [0.2, 0.25) is 0 Å². The highest BCUT2D eigenvalue weighted by atomic mass is 35.5. The topological polar surface area (TPSA) is 20.5 Å². The predicted molar refractivity (Wildman–Crippen MR) is 78.7 cm³/mol. The van der Waals surface area contributed by atoms with Gasteiger partial charge in [-0.05, 0) is 44.0 Å². The average Bonchev–Trinajstić information content (AvgIpc) is 2.84. The predicted octanol–water partition coefficient (Wildman–Crippen LogP) is 3.26. The Morgan fingerprint density at radius 2 is 2.37 bits per heavy atom. The first-order chi connectivity index (χ1) is 9.28. The maximum atomic E-state index is 6.19. The van der Waals surface area contributed by atoms with E-state index in [-0.39, 0.29) is 0 Å². The Labute approximate surface area is 119 Å². The Kier molecular flexibility index (Phi) is 3.76. The molecule has 0 saturated carbocycles. The van der Waals surface area contributed by atoms with E-state index >= 15 is 0 Å². The van der Waals surface area contributed by atoms with Gasteiger partial charge in [0.15, 0.2) is 0 Å². The number of hydrogen-bond acceptors (Lipinski definition) is 2. The SMILES string of the molecule is CCN1CCCC(Cc2ncc3c(Cl)cccn23)C1. The van der Waals surface area contributed by atoms with E-state index in [4.69, 9.17) is 11.6 Å². The number of piperidine rings is 1. The molecule has 1 atom stereocenters. The molecule has 102 valence electrons. The highest BCUT2D eigenvalue weighted by Crippen LogP contribution is 2.23. The van der Waals surface area contributed by atoms with Crippen LogP contribution in [0.2, 0.25) is 5.02 Å². The van der Waals surface area contributed by atoms with Gasteiger partial charge in [-0.25, -0.2) is 4.98 Å². The van der Waals surface area contributed by atoms with Gasteiger partial charge >= 0.3 is 0 Å². The zero-order valence-corrected chi connectivity index (χ0v) is 12.1. The zero-order chi connectivity index (χ0) is 13.2. The minimum absolute atomic E-state index is 0.721. The van der Waals surface area contributed by atoms with Crippen LogP contribution in [0.3, 0.4) is 0 Å². The Morgan fingerprint density at radius 3 is 3.21 bits per heavy atom. The number of nitrogens with zero attached hydrogens (tertiary/aromatic N) is 3. The highest BCUT2D eigenvalue weighted by molar-refractivity contribution is 6.33. The number of rotatable bonds is 3. The first-order valence-electron chi connectivity index (χ1n) is 7.10. The Balaban J connectivity index is 1.80. The Bertz CT molecular complexity index is 564. The van der Waals surface area contributed by atoms with Gasteiger partial charge in [-0.15, -0.1) is 0 Å². The maximum Gasteiger partial charge on any atom is 0.113 e. The lowest BCUT2D eigenvalue weighted by Crippen LogP contribution is -2.36. The van der Waals surface area contributed by atoms with E-state index < -0.39 is 0 Å². The molecule has 1 aliphatic heterocycles. The molecule has 1 unspecified atom stereocenters. The summed E-state index contributed by atoms with van der Waals surface area (Å²) in [5.74, 6) is 1.86.